The second-order valence-corrected chi connectivity index (χ2v) is 17.8. The van der Waals surface area contributed by atoms with Crippen LogP contribution in [0, 0.1) is 17.8 Å². The van der Waals surface area contributed by atoms with Crippen molar-refractivity contribution in [3.8, 4) is 0 Å². The highest BCUT2D eigenvalue weighted by atomic mass is 16.5. The van der Waals surface area contributed by atoms with Crippen LogP contribution in [0.2, 0.25) is 0 Å². The summed E-state index contributed by atoms with van der Waals surface area (Å²) < 4.78 is 10.5. The summed E-state index contributed by atoms with van der Waals surface area (Å²) in [6, 6.07) is -8.26. The number of methoxy groups -OCH3 is 2. The van der Waals surface area contributed by atoms with Gasteiger partial charge in [-0.25, -0.2) is 4.79 Å². The summed E-state index contributed by atoms with van der Waals surface area (Å²) in [6.45, 7) is 19.0. The molecule has 0 aliphatic heterocycles. The van der Waals surface area contributed by atoms with Gasteiger partial charge < -0.3 is 50.3 Å². The number of rotatable bonds is 25. The minimum Gasteiger partial charge on any atom is -0.467 e. The molecule has 0 spiro atoms. The molecule has 0 fully saturated rings. The maximum atomic E-state index is 14.3. The predicted octanol–water partition coefficient (Wildman–Crippen LogP) is 1.07. The molecule has 0 aromatic heterocycles. The van der Waals surface area contributed by atoms with Crippen LogP contribution in [-0.4, -0.2) is 170 Å². The molecule has 0 rings (SSSR count). The SMILES string of the molecule is CCCC(=O)N(C)C(C(=O)OC)C(=O)N(C)[C@@H](CC(C)(C)OC)C(=O)N[C@@H](C(=O)N(C)[C@@H](CC(C)C)C(=O)N[C@H](C)C(=O)N[C@@H](C)C(=O)N(C)[C@@H](CC(C)C)C(=O)NC)C(C)C. The maximum Gasteiger partial charge on any atom is 0.338 e. The molecule has 8 amide bonds. The molecular weight excluding hydrogens is 805 g/mol. The summed E-state index contributed by atoms with van der Waals surface area (Å²) in [5.41, 5.74) is -0.985. The highest BCUT2D eigenvalue weighted by molar-refractivity contribution is 6.06. The van der Waals surface area contributed by atoms with Crippen LogP contribution in [-0.2, 0) is 52.6 Å². The van der Waals surface area contributed by atoms with E-state index in [1.54, 1.807) is 34.6 Å². The number of nitrogens with zero attached hydrogens (tertiary/aromatic N) is 4. The van der Waals surface area contributed by atoms with E-state index in [4.69, 9.17) is 9.47 Å². The van der Waals surface area contributed by atoms with Crippen LogP contribution >= 0.6 is 0 Å². The van der Waals surface area contributed by atoms with Crippen LogP contribution < -0.4 is 21.3 Å². The standard InChI is InChI=1S/C43H78N8O11/c1-19-20-32(52)51(16)34(42(60)61-17)41(59)50(15)31(23-43(10,11)62-18)38(56)47-33(26(6)7)40(58)49(14)30(22-25(4)5)37(55)45-27(8)35(53)46-28(9)39(57)48(13)29(21-24(2)3)36(54)44-12/h24-31,33-34H,19-23H2,1-18H3,(H,44,54)(H,45,55)(H,46,53)(H,47,56)/t27-,28+,29+,30+,31+,33-,34?/m1/s1. The molecular formula is C43H78N8O11. The summed E-state index contributed by atoms with van der Waals surface area (Å²) in [5, 5.41) is 10.6. The zero-order valence-electron chi connectivity index (χ0n) is 40.6. The molecule has 0 saturated heterocycles. The lowest BCUT2D eigenvalue weighted by Crippen LogP contribution is -2.62. The number of ether oxygens (including phenoxy) is 2. The number of likely N-dealkylation sites (N-methyl/N-ethyl adjacent to an activating group) is 5. The van der Waals surface area contributed by atoms with E-state index in [0.717, 1.165) is 16.9 Å². The number of hydrogen-bond donors (Lipinski definition) is 4. The predicted molar refractivity (Wildman–Crippen MR) is 234 cm³/mol. The number of hydrogen-bond acceptors (Lipinski definition) is 11. The Hall–Kier alpha value is -4.81. The fraction of sp³-hybridized carbons (Fsp3) is 0.791. The van der Waals surface area contributed by atoms with Crippen molar-refractivity contribution in [3.63, 3.8) is 0 Å². The first kappa shape index (κ1) is 57.2. The van der Waals surface area contributed by atoms with E-state index < -0.39 is 101 Å². The molecule has 0 aliphatic rings. The third-order valence-corrected chi connectivity index (χ3v) is 10.8. The minimum atomic E-state index is -1.69. The molecule has 7 atom stereocenters. The summed E-state index contributed by atoms with van der Waals surface area (Å²) >= 11 is 0. The van der Waals surface area contributed by atoms with E-state index in [-0.39, 0.29) is 37.0 Å². The Kier molecular flexibility index (Phi) is 23.9. The maximum absolute atomic E-state index is 14.3. The zero-order chi connectivity index (χ0) is 48.6. The second kappa shape index (κ2) is 26.0. The minimum absolute atomic E-state index is 0.0633. The molecule has 0 saturated carbocycles. The molecule has 0 bridgehead atoms. The van der Waals surface area contributed by atoms with E-state index in [0.29, 0.717) is 12.8 Å². The highest BCUT2D eigenvalue weighted by Gasteiger charge is 2.43. The van der Waals surface area contributed by atoms with E-state index in [1.165, 1.54) is 66.0 Å². The van der Waals surface area contributed by atoms with Crippen LogP contribution in [0.5, 0.6) is 0 Å². The van der Waals surface area contributed by atoms with Crippen LogP contribution in [0.15, 0.2) is 0 Å². The van der Waals surface area contributed by atoms with Crippen LogP contribution in [0.3, 0.4) is 0 Å². The van der Waals surface area contributed by atoms with Crippen molar-refractivity contribution in [2.75, 3.05) is 49.5 Å². The largest absolute Gasteiger partial charge is 0.467 e. The van der Waals surface area contributed by atoms with Crippen LogP contribution in [0.4, 0.5) is 0 Å². The Morgan fingerprint density at radius 2 is 1.03 bits per heavy atom. The zero-order valence-corrected chi connectivity index (χ0v) is 40.6. The molecule has 1 unspecified atom stereocenters. The van der Waals surface area contributed by atoms with Crippen molar-refractivity contribution in [2.45, 2.75) is 156 Å². The van der Waals surface area contributed by atoms with Crippen molar-refractivity contribution in [2.24, 2.45) is 17.8 Å². The smallest absolute Gasteiger partial charge is 0.338 e. The molecule has 4 N–H and O–H groups in total. The Labute approximate surface area is 369 Å². The van der Waals surface area contributed by atoms with Gasteiger partial charge in [0.15, 0.2) is 0 Å². The third-order valence-electron chi connectivity index (χ3n) is 10.8. The van der Waals surface area contributed by atoms with E-state index >= 15 is 0 Å². The average Bonchev–Trinajstić information content (AvgIpc) is 3.20. The Morgan fingerprint density at radius 3 is 1.47 bits per heavy atom. The van der Waals surface area contributed by atoms with Gasteiger partial charge in [0, 0.05) is 55.2 Å². The third kappa shape index (κ3) is 16.8. The number of carbonyl (C=O) groups is 9. The highest BCUT2D eigenvalue weighted by Crippen LogP contribution is 2.22. The van der Waals surface area contributed by atoms with Crippen molar-refractivity contribution in [1.82, 2.24) is 40.9 Å². The van der Waals surface area contributed by atoms with Gasteiger partial charge in [0.1, 0.15) is 36.3 Å². The van der Waals surface area contributed by atoms with E-state index in [2.05, 4.69) is 21.3 Å². The van der Waals surface area contributed by atoms with Gasteiger partial charge in [-0.05, 0) is 64.7 Å². The molecule has 0 aromatic rings. The Morgan fingerprint density at radius 1 is 0.581 bits per heavy atom. The molecule has 0 aliphatic carbocycles. The van der Waals surface area contributed by atoms with E-state index in [9.17, 15) is 43.2 Å². The molecule has 0 heterocycles. The Balaban J connectivity index is 6.54. The first-order chi connectivity index (χ1) is 28.5. The number of esters is 1. The lowest BCUT2D eigenvalue weighted by Gasteiger charge is -2.38. The molecule has 19 nitrogen and oxygen atoms in total. The van der Waals surface area contributed by atoms with Gasteiger partial charge >= 0.3 is 5.97 Å². The van der Waals surface area contributed by atoms with Crippen molar-refractivity contribution >= 4 is 53.2 Å². The summed E-state index contributed by atoms with van der Waals surface area (Å²) in [6.07, 6.45) is 1.02. The number of nitrogens with one attached hydrogen (secondary N) is 4. The topological polar surface area (TPSA) is 233 Å². The van der Waals surface area contributed by atoms with Crippen molar-refractivity contribution in [3.05, 3.63) is 0 Å². The quantitative estimate of drug-likeness (QED) is 0.0749. The molecule has 0 aromatic carbocycles. The normalized spacial score (nSPS) is 14.9. The van der Waals surface area contributed by atoms with Gasteiger partial charge in [-0.15, -0.1) is 0 Å². The van der Waals surface area contributed by atoms with Crippen molar-refractivity contribution in [1.29, 1.82) is 0 Å². The second-order valence-electron chi connectivity index (χ2n) is 17.8. The molecule has 19 heteroatoms. The van der Waals surface area contributed by atoms with Gasteiger partial charge in [0.2, 0.25) is 47.4 Å². The van der Waals surface area contributed by atoms with E-state index in [1.807, 2.05) is 27.7 Å². The number of carbonyl (C=O) groups excluding carboxylic acids is 9. The summed E-state index contributed by atoms with van der Waals surface area (Å²) in [4.78, 5) is 126. The fourth-order valence-electron chi connectivity index (χ4n) is 6.68. The lowest BCUT2D eigenvalue weighted by molar-refractivity contribution is -0.161. The summed E-state index contributed by atoms with van der Waals surface area (Å²) in [5.74, 6) is -6.44. The fourth-order valence-corrected chi connectivity index (χ4v) is 6.68. The van der Waals surface area contributed by atoms with Crippen LogP contribution in [0.25, 0.3) is 0 Å². The monoisotopic (exact) mass is 883 g/mol. The Bertz CT molecular complexity index is 1570. The van der Waals surface area contributed by atoms with Crippen LogP contribution in [0.1, 0.15) is 108 Å². The first-order valence-corrected chi connectivity index (χ1v) is 21.4. The van der Waals surface area contributed by atoms with Gasteiger partial charge in [0.25, 0.3) is 5.91 Å². The average molecular weight is 883 g/mol. The molecule has 0 radical (unpaired) electrons. The van der Waals surface area contributed by atoms with Gasteiger partial charge in [-0.1, -0.05) is 48.5 Å². The van der Waals surface area contributed by atoms with Gasteiger partial charge in [0.05, 0.1) is 12.7 Å². The molecule has 356 valence electrons. The van der Waals surface area contributed by atoms with Gasteiger partial charge in [-0.2, -0.15) is 0 Å². The van der Waals surface area contributed by atoms with Crippen molar-refractivity contribution < 1.29 is 52.6 Å². The molecule has 62 heavy (non-hydrogen) atoms. The van der Waals surface area contributed by atoms with Gasteiger partial charge in [-0.3, -0.25) is 38.4 Å². The first-order valence-electron chi connectivity index (χ1n) is 21.4. The number of amides is 8. The lowest BCUT2D eigenvalue weighted by atomic mass is 9.94. The summed E-state index contributed by atoms with van der Waals surface area (Å²) in [7, 11) is 9.53.